The summed E-state index contributed by atoms with van der Waals surface area (Å²) in [5, 5.41) is 6.16. The van der Waals surface area contributed by atoms with E-state index < -0.39 is 11.9 Å². The van der Waals surface area contributed by atoms with Crippen LogP contribution in [0.2, 0.25) is 10.0 Å². The number of likely N-dealkylation sites (N-methyl/N-ethyl adjacent to an activating group) is 1. The lowest BCUT2D eigenvalue weighted by atomic mass is 10.0. The summed E-state index contributed by atoms with van der Waals surface area (Å²) in [6.07, 6.45) is 0.866. The van der Waals surface area contributed by atoms with Crippen LogP contribution >= 0.6 is 23.2 Å². The predicted molar refractivity (Wildman–Crippen MR) is 103 cm³/mol. The standard InChI is InChI=1S/C18H27Cl2N3O2/c1-11(2)9-13(10-23(4)5)22-17(24)12(3)21-18(25)14-7-6-8-15(19)16(14)20/h6-8,11-13H,9-10H2,1-5H3,(H,21,25)(H,22,24). The maximum absolute atomic E-state index is 12.4. The van der Waals surface area contributed by atoms with Crippen molar-refractivity contribution >= 4 is 35.0 Å². The molecule has 2 N–H and O–H groups in total. The minimum Gasteiger partial charge on any atom is -0.350 e. The minimum absolute atomic E-state index is 0.0246. The monoisotopic (exact) mass is 387 g/mol. The fraction of sp³-hybridized carbons (Fsp3) is 0.556. The van der Waals surface area contributed by atoms with Gasteiger partial charge < -0.3 is 15.5 Å². The first-order valence-electron chi connectivity index (χ1n) is 8.31. The molecule has 0 saturated carbocycles. The van der Waals surface area contributed by atoms with E-state index in [0.29, 0.717) is 10.9 Å². The van der Waals surface area contributed by atoms with Crippen LogP contribution in [0.4, 0.5) is 0 Å². The van der Waals surface area contributed by atoms with Crippen molar-refractivity contribution in [2.75, 3.05) is 20.6 Å². The lowest BCUT2D eigenvalue weighted by molar-refractivity contribution is -0.123. The van der Waals surface area contributed by atoms with Crippen LogP contribution in [0.15, 0.2) is 18.2 Å². The van der Waals surface area contributed by atoms with Gasteiger partial charge in [0.15, 0.2) is 0 Å². The Morgan fingerprint density at radius 3 is 2.32 bits per heavy atom. The Kier molecular flexibility index (Phi) is 8.69. The Balaban J connectivity index is 2.71. The third-order valence-corrected chi connectivity index (χ3v) is 4.44. The maximum Gasteiger partial charge on any atom is 0.253 e. The zero-order valence-electron chi connectivity index (χ0n) is 15.4. The van der Waals surface area contributed by atoms with Crippen LogP contribution in [-0.4, -0.2) is 49.4 Å². The van der Waals surface area contributed by atoms with E-state index in [1.54, 1.807) is 25.1 Å². The van der Waals surface area contributed by atoms with Gasteiger partial charge in [0.05, 0.1) is 15.6 Å². The first-order valence-corrected chi connectivity index (χ1v) is 9.07. The molecule has 0 aliphatic heterocycles. The molecule has 0 aromatic heterocycles. The highest BCUT2D eigenvalue weighted by Gasteiger charge is 2.22. The molecule has 0 aliphatic carbocycles. The van der Waals surface area contributed by atoms with Gasteiger partial charge in [-0.1, -0.05) is 43.1 Å². The van der Waals surface area contributed by atoms with E-state index >= 15 is 0 Å². The van der Waals surface area contributed by atoms with Gasteiger partial charge in [-0.25, -0.2) is 0 Å². The SMILES string of the molecule is CC(C)CC(CN(C)C)NC(=O)C(C)NC(=O)c1cccc(Cl)c1Cl. The molecule has 0 bridgehead atoms. The number of halogens is 2. The normalized spacial score (nSPS) is 13.6. The molecule has 0 saturated heterocycles. The molecule has 25 heavy (non-hydrogen) atoms. The molecule has 0 fully saturated rings. The minimum atomic E-state index is -0.681. The molecule has 0 radical (unpaired) electrons. The van der Waals surface area contributed by atoms with E-state index in [9.17, 15) is 9.59 Å². The van der Waals surface area contributed by atoms with Crippen molar-refractivity contribution in [2.24, 2.45) is 5.92 Å². The van der Waals surface area contributed by atoms with Crippen molar-refractivity contribution in [1.29, 1.82) is 0 Å². The summed E-state index contributed by atoms with van der Waals surface area (Å²) in [4.78, 5) is 26.8. The van der Waals surface area contributed by atoms with E-state index in [-0.39, 0.29) is 22.5 Å². The molecule has 7 heteroatoms. The van der Waals surface area contributed by atoms with Gasteiger partial charge in [-0.05, 0) is 45.5 Å². The van der Waals surface area contributed by atoms with Crippen molar-refractivity contribution in [3.63, 3.8) is 0 Å². The number of nitrogens with one attached hydrogen (secondary N) is 2. The van der Waals surface area contributed by atoms with Crippen LogP contribution < -0.4 is 10.6 Å². The largest absolute Gasteiger partial charge is 0.350 e. The van der Waals surface area contributed by atoms with Crippen molar-refractivity contribution in [1.82, 2.24) is 15.5 Å². The number of hydrogen-bond acceptors (Lipinski definition) is 3. The van der Waals surface area contributed by atoms with Crippen LogP contribution in [0.3, 0.4) is 0 Å². The van der Waals surface area contributed by atoms with Crippen molar-refractivity contribution in [3.05, 3.63) is 33.8 Å². The molecular formula is C18H27Cl2N3O2. The number of carbonyl (C=O) groups is 2. The third kappa shape index (κ3) is 7.22. The summed E-state index contributed by atoms with van der Waals surface area (Å²) in [5.74, 6) is -0.192. The number of rotatable bonds is 8. The van der Waals surface area contributed by atoms with Gasteiger partial charge in [-0.15, -0.1) is 0 Å². The molecule has 5 nitrogen and oxygen atoms in total. The van der Waals surface area contributed by atoms with Crippen LogP contribution in [0, 0.1) is 5.92 Å². The molecule has 1 rings (SSSR count). The van der Waals surface area contributed by atoms with Gasteiger partial charge in [-0.2, -0.15) is 0 Å². The Labute approximate surface area is 160 Å². The third-order valence-electron chi connectivity index (χ3n) is 3.62. The molecule has 0 heterocycles. The number of nitrogens with zero attached hydrogens (tertiary/aromatic N) is 1. The molecule has 0 aliphatic rings. The average molecular weight is 388 g/mol. The van der Waals surface area contributed by atoms with Crippen LogP contribution in [0.25, 0.3) is 0 Å². The first kappa shape index (κ1) is 21.7. The van der Waals surface area contributed by atoms with Gasteiger partial charge in [-0.3, -0.25) is 9.59 Å². The Morgan fingerprint density at radius 2 is 1.76 bits per heavy atom. The summed E-state index contributed by atoms with van der Waals surface area (Å²) >= 11 is 12.0. The second-order valence-corrected chi connectivity index (χ2v) is 7.68. The van der Waals surface area contributed by atoms with Gasteiger partial charge in [0.1, 0.15) is 6.04 Å². The molecule has 1 aromatic carbocycles. The van der Waals surface area contributed by atoms with Gasteiger partial charge in [0.2, 0.25) is 5.91 Å². The molecule has 2 amide bonds. The Hall–Kier alpha value is -1.30. The quantitative estimate of drug-likeness (QED) is 0.719. The van der Waals surface area contributed by atoms with Crippen LogP contribution in [0.1, 0.15) is 37.6 Å². The zero-order chi connectivity index (χ0) is 19.1. The van der Waals surface area contributed by atoms with E-state index in [1.165, 1.54) is 0 Å². The summed E-state index contributed by atoms with van der Waals surface area (Å²) in [6, 6.07) is 4.16. The van der Waals surface area contributed by atoms with Gasteiger partial charge in [0.25, 0.3) is 5.91 Å². The average Bonchev–Trinajstić information content (AvgIpc) is 2.48. The summed E-state index contributed by atoms with van der Waals surface area (Å²) in [6.45, 7) is 6.61. The van der Waals surface area contributed by atoms with Gasteiger partial charge >= 0.3 is 0 Å². The van der Waals surface area contributed by atoms with E-state index in [1.807, 2.05) is 19.0 Å². The lowest BCUT2D eigenvalue weighted by Gasteiger charge is -2.25. The molecule has 2 atom stereocenters. The highest BCUT2D eigenvalue weighted by Crippen LogP contribution is 2.25. The molecule has 140 valence electrons. The second-order valence-electron chi connectivity index (χ2n) is 6.89. The summed E-state index contributed by atoms with van der Waals surface area (Å²) in [5.41, 5.74) is 0.251. The summed E-state index contributed by atoms with van der Waals surface area (Å²) < 4.78 is 0. The predicted octanol–water partition coefficient (Wildman–Crippen LogP) is 3.20. The molecule has 1 aromatic rings. The van der Waals surface area contributed by atoms with E-state index in [4.69, 9.17) is 23.2 Å². The number of benzene rings is 1. The van der Waals surface area contributed by atoms with Gasteiger partial charge in [0, 0.05) is 12.6 Å². The topological polar surface area (TPSA) is 61.4 Å². The summed E-state index contributed by atoms with van der Waals surface area (Å²) in [7, 11) is 3.93. The van der Waals surface area contributed by atoms with Crippen LogP contribution in [-0.2, 0) is 4.79 Å². The highest BCUT2D eigenvalue weighted by molar-refractivity contribution is 6.43. The lowest BCUT2D eigenvalue weighted by Crippen LogP contribution is -2.50. The molecule has 0 spiro atoms. The molecule has 2 unspecified atom stereocenters. The number of carbonyl (C=O) groups excluding carboxylic acids is 2. The van der Waals surface area contributed by atoms with E-state index in [2.05, 4.69) is 24.5 Å². The number of amides is 2. The maximum atomic E-state index is 12.4. The van der Waals surface area contributed by atoms with Crippen molar-refractivity contribution < 1.29 is 9.59 Å². The number of hydrogen-bond donors (Lipinski definition) is 2. The Bertz CT molecular complexity index is 596. The van der Waals surface area contributed by atoms with E-state index in [0.717, 1.165) is 13.0 Å². The highest BCUT2D eigenvalue weighted by atomic mass is 35.5. The smallest absolute Gasteiger partial charge is 0.253 e. The molecular weight excluding hydrogens is 361 g/mol. The zero-order valence-corrected chi connectivity index (χ0v) is 16.9. The fourth-order valence-corrected chi connectivity index (χ4v) is 2.92. The van der Waals surface area contributed by atoms with Crippen molar-refractivity contribution in [3.8, 4) is 0 Å². The van der Waals surface area contributed by atoms with Crippen LogP contribution in [0.5, 0.6) is 0 Å². The second kappa shape index (κ2) is 10.00. The first-order chi connectivity index (χ1) is 11.6. The Morgan fingerprint density at radius 1 is 1.12 bits per heavy atom. The van der Waals surface area contributed by atoms with Crippen molar-refractivity contribution in [2.45, 2.75) is 39.3 Å². The fourth-order valence-electron chi connectivity index (χ4n) is 2.53.